The predicted molar refractivity (Wildman–Crippen MR) is 60.3 cm³/mol. The van der Waals surface area contributed by atoms with Gasteiger partial charge < -0.3 is 4.98 Å². The molecule has 2 heterocycles. The number of aromatic nitrogens is 4. The van der Waals surface area contributed by atoms with Crippen LogP contribution in [-0.4, -0.2) is 20.2 Å². The molecule has 1 aliphatic carbocycles. The van der Waals surface area contributed by atoms with E-state index in [4.69, 9.17) is 0 Å². The molecule has 1 saturated carbocycles. The Morgan fingerprint density at radius 1 is 1.25 bits per heavy atom. The van der Waals surface area contributed by atoms with Crippen molar-refractivity contribution in [1.82, 2.24) is 20.2 Å². The third-order valence-corrected chi connectivity index (χ3v) is 3.40. The highest BCUT2D eigenvalue weighted by Crippen LogP contribution is 2.33. The smallest absolute Gasteiger partial charge is 0.262 e. The van der Waals surface area contributed by atoms with Crippen LogP contribution in [0.25, 0.3) is 11.0 Å². The molecule has 1 aliphatic rings. The lowest BCUT2D eigenvalue weighted by Crippen LogP contribution is -2.11. The third kappa shape index (κ3) is 1.43. The van der Waals surface area contributed by atoms with Crippen LogP contribution in [0.1, 0.15) is 43.7 Å². The Kier molecular flexibility index (Phi) is 2.23. The fourth-order valence-electron chi connectivity index (χ4n) is 2.57. The molecule has 5 heteroatoms. The van der Waals surface area contributed by atoms with Crippen molar-refractivity contribution in [2.75, 3.05) is 0 Å². The van der Waals surface area contributed by atoms with Crippen molar-refractivity contribution >= 4 is 11.0 Å². The van der Waals surface area contributed by atoms with E-state index in [-0.39, 0.29) is 5.56 Å². The molecule has 0 aromatic carbocycles. The summed E-state index contributed by atoms with van der Waals surface area (Å²) in [5, 5.41) is 7.74. The van der Waals surface area contributed by atoms with Crippen LogP contribution in [0.5, 0.6) is 0 Å². The van der Waals surface area contributed by atoms with Crippen LogP contribution in [0, 0.1) is 0 Å². The lowest BCUT2D eigenvalue weighted by molar-refractivity contribution is 0.438. The standard InChI is InChI=1S/C11H14N4O/c16-11-8-9(7-4-2-1-3-5-7)14-15-10(8)12-6-13-11/h6-7H,1-5H2,(H2,12,13,14,15,16). The maximum Gasteiger partial charge on any atom is 0.262 e. The highest BCUT2D eigenvalue weighted by atomic mass is 16.1. The fourth-order valence-corrected chi connectivity index (χ4v) is 2.57. The number of hydrogen-bond acceptors (Lipinski definition) is 3. The monoisotopic (exact) mass is 218 g/mol. The Morgan fingerprint density at radius 3 is 2.88 bits per heavy atom. The summed E-state index contributed by atoms with van der Waals surface area (Å²) in [4.78, 5) is 18.4. The zero-order chi connectivity index (χ0) is 11.0. The lowest BCUT2D eigenvalue weighted by atomic mass is 9.86. The van der Waals surface area contributed by atoms with Gasteiger partial charge in [0.2, 0.25) is 0 Å². The molecule has 0 spiro atoms. The van der Waals surface area contributed by atoms with Crippen molar-refractivity contribution in [3.05, 3.63) is 22.4 Å². The third-order valence-electron chi connectivity index (χ3n) is 3.40. The van der Waals surface area contributed by atoms with Gasteiger partial charge in [-0.25, -0.2) is 4.98 Å². The van der Waals surface area contributed by atoms with Crippen LogP contribution in [0.4, 0.5) is 0 Å². The van der Waals surface area contributed by atoms with Gasteiger partial charge in [-0.15, -0.1) is 0 Å². The van der Waals surface area contributed by atoms with Gasteiger partial charge in [0.1, 0.15) is 5.39 Å². The summed E-state index contributed by atoms with van der Waals surface area (Å²) in [7, 11) is 0. The molecule has 3 rings (SSSR count). The Morgan fingerprint density at radius 2 is 2.06 bits per heavy atom. The Labute approximate surface area is 92.3 Å². The molecule has 2 aromatic heterocycles. The highest BCUT2D eigenvalue weighted by Gasteiger charge is 2.21. The molecule has 2 aromatic rings. The Bertz CT molecular complexity index is 550. The van der Waals surface area contributed by atoms with Crippen molar-refractivity contribution in [2.24, 2.45) is 0 Å². The molecule has 0 unspecified atom stereocenters. The molecular weight excluding hydrogens is 204 g/mol. The van der Waals surface area contributed by atoms with Crippen molar-refractivity contribution in [1.29, 1.82) is 0 Å². The first-order valence-electron chi connectivity index (χ1n) is 5.78. The molecule has 1 fully saturated rings. The molecule has 0 radical (unpaired) electrons. The largest absolute Gasteiger partial charge is 0.312 e. The zero-order valence-electron chi connectivity index (χ0n) is 8.99. The van der Waals surface area contributed by atoms with Crippen LogP contribution in [0.15, 0.2) is 11.1 Å². The fraction of sp³-hybridized carbons (Fsp3) is 0.545. The summed E-state index contributed by atoms with van der Waals surface area (Å²) in [6, 6.07) is 0. The van der Waals surface area contributed by atoms with Gasteiger partial charge >= 0.3 is 0 Å². The minimum absolute atomic E-state index is 0.0840. The van der Waals surface area contributed by atoms with E-state index < -0.39 is 0 Å². The van der Waals surface area contributed by atoms with Crippen molar-refractivity contribution in [3.63, 3.8) is 0 Å². The van der Waals surface area contributed by atoms with Crippen molar-refractivity contribution in [3.8, 4) is 0 Å². The number of nitrogens with one attached hydrogen (secondary N) is 2. The summed E-state index contributed by atoms with van der Waals surface area (Å²) in [6.07, 6.45) is 7.47. The van der Waals surface area contributed by atoms with Crippen molar-refractivity contribution < 1.29 is 0 Å². The quantitative estimate of drug-likeness (QED) is 0.764. The normalized spacial score (nSPS) is 18.0. The molecule has 0 bridgehead atoms. The molecule has 5 nitrogen and oxygen atoms in total. The Balaban J connectivity index is 2.12. The second-order valence-electron chi connectivity index (χ2n) is 4.40. The predicted octanol–water partition coefficient (Wildman–Crippen LogP) is 1.69. The molecule has 0 aliphatic heterocycles. The number of aromatic amines is 2. The van der Waals surface area contributed by atoms with Crippen LogP contribution in [0.2, 0.25) is 0 Å². The molecule has 16 heavy (non-hydrogen) atoms. The van der Waals surface area contributed by atoms with Gasteiger partial charge in [-0.05, 0) is 12.8 Å². The van der Waals surface area contributed by atoms with Gasteiger partial charge in [-0.2, -0.15) is 5.10 Å². The van der Waals surface area contributed by atoms with Gasteiger partial charge in [-0.1, -0.05) is 19.3 Å². The number of nitrogens with zero attached hydrogens (tertiary/aromatic N) is 2. The zero-order valence-corrected chi connectivity index (χ0v) is 8.99. The second-order valence-corrected chi connectivity index (χ2v) is 4.40. The first-order chi connectivity index (χ1) is 7.86. The SMILES string of the molecule is O=c1[nH]cnc2n[nH]c(C3CCCCC3)c12. The number of rotatable bonds is 1. The summed E-state index contributed by atoms with van der Waals surface area (Å²) < 4.78 is 0. The summed E-state index contributed by atoms with van der Waals surface area (Å²) >= 11 is 0. The minimum atomic E-state index is -0.0840. The van der Waals surface area contributed by atoms with E-state index in [0.29, 0.717) is 17.0 Å². The molecule has 0 saturated heterocycles. The summed E-state index contributed by atoms with van der Waals surface area (Å²) in [6.45, 7) is 0. The second kappa shape index (κ2) is 3.73. The van der Waals surface area contributed by atoms with E-state index in [1.54, 1.807) is 0 Å². The van der Waals surface area contributed by atoms with Crippen LogP contribution in [0.3, 0.4) is 0 Å². The Hall–Kier alpha value is -1.65. The molecule has 0 amide bonds. The van der Waals surface area contributed by atoms with Gasteiger partial charge in [0.15, 0.2) is 5.65 Å². The number of fused-ring (bicyclic) bond motifs is 1. The van der Waals surface area contributed by atoms with Gasteiger partial charge in [0.05, 0.1) is 12.0 Å². The van der Waals surface area contributed by atoms with E-state index >= 15 is 0 Å². The summed E-state index contributed by atoms with van der Waals surface area (Å²) in [5.74, 6) is 0.448. The van der Waals surface area contributed by atoms with Gasteiger partial charge in [0.25, 0.3) is 5.56 Å². The maximum atomic E-state index is 11.7. The first kappa shape index (κ1) is 9.57. The van der Waals surface area contributed by atoms with Crippen LogP contribution >= 0.6 is 0 Å². The van der Waals surface area contributed by atoms with Gasteiger partial charge in [0, 0.05) is 5.92 Å². The van der Waals surface area contributed by atoms with Crippen LogP contribution < -0.4 is 5.56 Å². The molecule has 2 N–H and O–H groups in total. The van der Waals surface area contributed by atoms with E-state index in [1.165, 1.54) is 25.6 Å². The van der Waals surface area contributed by atoms with Gasteiger partial charge in [-0.3, -0.25) is 9.89 Å². The molecular formula is C11H14N4O. The topological polar surface area (TPSA) is 74.4 Å². The number of hydrogen-bond donors (Lipinski definition) is 2. The molecule has 0 atom stereocenters. The average molecular weight is 218 g/mol. The minimum Gasteiger partial charge on any atom is -0.312 e. The van der Waals surface area contributed by atoms with E-state index in [0.717, 1.165) is 18.5 Å². The maximum absolute atomic E-state index is 11.7. The van der Waals surface area contributed by atoms with Crippen molar-refractivity contribution in [2.45, 2.75) is 38.0 Å². The first-order valence-corrected chi connectivity index (χ1v) is 5.78. The van der Waals surface area contributed by atoms with Crippen LogP contribution in [-0.2, 0) is 0 Å². The number of H-pyrrole nitrogens is 2. The van der Waals surface area contributed by atoms with E-state index in [1.807, 2.05) is 0 Å². The van der Waals surface area contributed by atoms with E-state index in [9.17, 15) is 4.79 Å². The lowest BCUT2D eigenvalue weighted by Gasteiger charge is -2.19. The molecule has 84 valence electrons. The summed E-state index contributed by atoms with van der Waals surface area (Å²) in [5.41, 5.74) is 1.42. The highest BCUT2D eigenvalue weighted by molar-refractivity contribution is 5.76. The average Bonchev–Trinajstić information content (AvgIpc) is 2.75. The van der Waals surface area contributed by atoms with E-state index in [2.05, 4.69) is 20.2 Å².